The molecular formula is C4H6ClNO2. The highest BCUT2D eigenvalue weighted by atomic mass is 35.5. The van der Waals surface area contributed by atoms with E-state index in [1.165, 1.54) is 0 Å². The molecule has 0 saturated carbocycles. The van der Waals surface area contributed by atoms with E-state index in [4.69, 9.17) is 11.6 Å². The van der Waals surface area contributed by atoms with Crippen molar-refractivity contribution in [2.75, 3.05) is 12.4 Å². The summed E-state index contributed by atoms with van der Waals surface area (Å²) in [6, 6.07) is 0. The average molecular weight is 136 g/mol. The average Bonchev–Trinajstić information content (AvgIpc) is 1.83. The van der Waals surface area contributed by atoms with Crippen LogP contribution in [0.1, 0.15) is 0 Å². The summed E-state index contributed by atoms with van der Waals surface area (Å²) in [6.45, 7) is 0.0347. The van der Waals surface area contributed by atoms with Crippen molar-refractivity contribution >= 4 is 23.8 Å². The number of Topliss-reactive ketones (excluding diaryl/α,β-unsaturated/α-hetero) is 1. The van der Waals surface area contributed by atoms with Gasteiger partial charge in [-0.3, -0.25) is 9.59 Å². The highest BCUT2D eigenvalue weighted by molar-refractivity contribution is 6.27. The third-order valence-electron chi connectivity index (χ3n) is 0.532. The third-order valence-corrected chi connectivity index (χ3v) is 0.830. The molecule has 0 unspecified atom stereocenters. The standard InChI is InChI=1S/C4H6ClNO2/c5-1-4(8)2-6-3-7/h3H,1-2H2,(H,6,7). The maximum Gasteiger partial charge on any atom is 0.207 e. The molecule has 4 heteroatoms. The van der Waals surface area contributed by atoms with Crippen molar-refractivity contribution in [2.24, 2.45) is 0 Å². The SMILES string of the molecule is O=CNCC(=O)CCl. The van der Waals surface area contributed by atoms with Crippen LogP contribution in [0.15, 0.2) is 0 Å². The minimum atomic E-state index is -0.182. The Morgan fingerprint density at radius 1 is 1.75 bits per heavy atom. The van der Waals surface area contributed by atoms with Crippen LogP contribution in [0.25, 0.3) is 0 Å². The van der Waals surface area contributed by atoms with Crippen LogP contribution >= 0.6 is 11.6 Å². The summed E-state index contributed by atoms with van der Waals surface area (Å²) in [6.07, 6.45) is 0.463. The van der Waals surface area contributed by atoms with Crippen molar-refractivity contribution in [1.82, 2.24) is 5.32 Å². The summed E-state index contributed by atoms with van der Waals surface area (Å²) in [4.78, 5) is 19.7. The largest absolute Gasteiger partial charge is 0.352 e. The molecule has 0 saturated heterocycles. The summed E-state index contributed by atoms with van der Waals surface area (Å²) >= 11 is 5.08. The van der Waals surface area contributed by atoms with E-state index in [-0.39, 0.29) is 18.2 Å². The third kappa shape index (κ3) is 3.61. The highest BCUT2D eigenvalue weighted by Gasteiger charge is 1.94. The Bertz CT molecular complexity index is 94.0. The molecule has 0 aromatic carbocycles. The molecule has 3 nitrogen and oxygen atoms in total. The maximum absolute atomic E-state index is 10.2. The van der Waals surface area contributed by atoms with Crippen molar-refractivity contribution in [2.45, 2.75) is 0 Å². The van der Waals surface area contributed by atoms with E-state index in [1.807, 2.05) is 0 Å². The molecule has 0 spiro atoms. The van der Waals surface area contributed by atoms with E-state index in [2.05, 4.69) is 5.32 Å². The lowest BCUT2D eigenvalue weighted by Gasteiger charge is -1.89. The van der Waals surface area contributed by atoms with Gasteiger partial charge in [0, 0.05) is 0 Å². The molecule has 0 atom stereocenters. The Morgan fingerprint density at radius 3 is 2.75 bits per heavy atom. The van der Waals surface area contributed by atoms with E-state index in [1.54, 1.807) is 0 Å². The van der Waals surface area contributed by atoms with Gasteiger partial charge >= 0.3 is 0 Å². The Hall–Kier alpha value is -0.570. The fourth-order valence-electron chi connectivity index (χ4n) is 0.203. The summed E-state index contributed by atoms with van der Waals surface area (Å²) in [7, 11) is 0. The van der Waals surface area contributed by atoms with E-state index in [9.17, 15) is 9.59 Å². The Morgan fingerprint density at radius 2 is 2.38 bits per heavy atom. The number of hydrogen-bond acceptors (Lipinski definition) is 2. The molecule has 0 radical (unpaired) electrons. The van der Waals surface area contributed by atoms with Crippen LogP contribution in [0.2, 0.25) is 0 Å². The zero-order chi connectivity index (χ0) is 6.41. The second kappa shape index (κ2) is 4.59. The first-order valence-electron chi connectivity index (χ1n) is 2.06. The van der Waals surface area contributed by atoms with Crippen molar-refractivity contribution in [3.8, 4) is 0 Å². The van der Waals surface area contributed by atoms with Gasteiger partial charge in [-0.15, -0.1) is 11.6 Å². The Labute approximate surface area is 52.0 Å². The molecule has 0 fully saturated rings. The Kier molecular flexibility index (Phi) is 4.26. The van der Waals surface area contributed by atoms with Crippen molar-refractivity contribution < 1.29 is 9.59 Å². The fraction of sp³-hybridized carbons (Fsp3) is 0.500. The second-order valence-corrected chi connectivity index (χ2v) is 1.44. The minimum Gasteiger partial charge on any atom is -0.352 e. The predicted molar refractivity (Wildman–Crippen MR) is 29.8 cm³/mol. The molecule has 1 amide bonds. The lowest BCUT2D eigenvalue weighted by atomic mass is 10.4. The number of amides is 1. The number of alkyl halides is 1. The van der Waals surface area contributed by atoms with Crippen LogP contribution in [0, 0.1) is 0 Å². The molecule has 0 bridgehead atoms. The van der Waals surface area contributed by atoms with Crippen LogP contribution in [-0.2, 0) is 9.59 Å². The molecule has 0 aromatic heterocycles. The topological polar surface area (TPSA) is 46.2 Å². The number of ketones is 1. The highest BCUT2D eigenvalue weighted by Crippen LogP contribution is 1.73. The van der Waals surface area contributed by atoms with Gasteiger partial charge < -0.3 is 5.32 Å². The van der Waals surface area contributed by atoms with Gasteiger partial charge in [0.05, 0.1) is 12.4 Å². The van der Waals surface area contributed by atoms with Gasteiger partial charge in [0.15, 0.2) is 5.78 Å². The molecule has 46 valence electrons. The first-order valence-corrected chi connectivity index (χ1v) is 2.59. The predicted octanol–water partition coefficient (Wildman–Crippen LogP) is -0.460. The molecule has 0 aliphatic carbocycles. The summed E-state index contributed by atoms with van der Waals surface area (Å²) < 4.78 is 0. The quantitative estimate of drug-likeness (QED) is 0.419. The Balaban J connectivity index is 3.11. The normalized spacial score (nSPS) is 8.12. The van der Waals surface area contributed by atoms with Crippen LogP contribution in [0.4, 0.5) is 0 Å². The first-order chi connectivity index (χ1) is 3.81. The maximum atomic E-state index is 10.2. The smallest absolute Gasteiger partial charge is 0.207 e. The van der Waals surface area contributed by atoms with E-state index in [0.29, 0.717) is 6.41 Å². The number of carbonyl (C=O) groups excluding carboxylic acids is 2. The van der Waals surface area contributed by atoms with Crippen molar-refractivity contribution in [1.29, 1.82) is 0 Å². The molecule has 0 rings (SSSR count). The summed E-state index contributed by atoms with van der Waals surface area (Å²) in [5.74, 6) is -0.223. The van der Waals surface area contributed by atoms with Crippen LogP contribution < -0.4 is 5.32 Å². The number of rotatable bonds is 4. The number of carbonyl (C=O) groups is 2. The summed E-state index contributed by atoms with van der Waals surface area (Å²) in [5, 5.41) is 2.18. The van der Waals surface area contributed by atoms with E-state index >= 15 is 0 Å². The van der Waals surface area contributed by atoms with Crippen LogP contribution in [0.5, 0.6) is 0 Å². The summed E-state index contributed by atoms with van der Waals surface area (Å²) in [5.41, 5.74) is 0. The number of hydrogen-bond donors (Lipinski definition) is 1. The fourth-order valence-corrected chi connectivity index (χ4v) is 0.297. The lowest BCUT2D eigenvalue weighted by molar-refractivity contribution is -0.118. The molecular weight excluding hydrogens is 130 g/mol. The van der Waals surface area contributed by atoms with Gasteiger partial charge in [-0.2, -0.15) is 0 Å². The van der Waals surface area contributed by atoms with E-state index in [0.717, 1.165) is 0 Å². The van der Waals surface area contributed by atoms with Gasteiger partial charge in [0.1, 0.15) is 0 Å². The van der Waals surface area contributed by atoms with Crippen LogP contribution in [0.3, 0.4) is 0 Å². The minimum absolute atomic E-state index is 0.0347. The monoisotopic (exact) mass is 135 g/mol. The van der Waals surface area contributed by atoms with Gasteiger partial charge in [0.25, 0.3) is 0 Å². The molecule has 1 N–H and O–H groups in total. The van der Waals surface area contributed by atoms with Crippen molar-refractivity contribution in [3.05, 3.63) is 0 Å². The number of nitrogens with one attached hydrogen (secondary N) is 1. The molecule has 0 aromatic rings. The van der Waals surface area contributed by atoms with Crippen molar-refractivity contribution in [3.63, 3.8) is 0 Å². The van der Waals surface area contributed by atoms with Gasteiger partial charge in [-0.1, -0.05) is 0 Å². The van der Waals surface area contributed by atoms with Crippen LogP contribution in [-0.4, -0.2) is 24.6 Å². The zero-order valence-electron chi connectivity index (χ0n) is 4.19. The zero-order valence-corrected chi connectivity index (χ0v) is 4.94. The molecule has 8 heavy (non-hydrogen) atoms. The molecule has 0 aliphatic rings. The van der Waals surface area contributed by atoms with Gasteiger partial charge in [-0.05, 0) is 0 Å². The van der Waals surface area contributed by atoms with Gasteiger partial charge in [0.2, 0.25) is 6.41 Å². The van der Waals surface area contributed by atoms with Gasteiger partial charge in [-0.25, -0.2) is 0 Å². The second-order valence-electron chi connectivity index (χ2n) is 1.17. The molecule has 0 aliphatic heterocycles. The number of halogens is 1. The molecule has 0 heterocycles. The lowest BCUT2D eigenvalue weighted by Crippen LogP contribution is -2.21. The first kappa shape index (κ1) is 7.43. The van der Waals surface area contributed by atoms with E-state index < -0.39 is 0 Å².